The van der Waals surface area contributed by atoms with Gasteiger partial charge in [-0.25, -0.2) is 0 Å². The highest BCUT2D eigenvalue weighted by atomic mass is 32.2. The van der Waals surface area contributed by atoms with Gasteiger partial charge in [-0.1, -0.05) is 38.1 Å². The molecule has 1 N–H and O–H groups in total. The molecule has 0 aliphatic rings. The summed E-state index contributed by atoms with van der Waals surface area (Å²) < 4.78 is 0. The fourth-order valence-electron chi connectivity index (χ4n) is 2.13. The summed E-state index contributed by atoms with van der Waals surface area (Å²) in [4.78, 5) is 0. The van der Waals surface area contributed by atoms with Crippen LogP contribution < -0.4 is 5.32 Å². The molecule has 1 nitrogen and oxygen atoms in total. The van der Waals surface area contributed by atoms with Gasteiger partial charge in [-0.15, -0.1) is 0 Å². The van der Waals surface area contributed by atoms with Crippen molar-refractivity contribution < 1.29 is 0 Å². The van der Waals surface area contributed by atoms with E-state index in [0.29, 0.717) is 6.04 Å². The molecule has 0 aromatic heterocycles. The number of hydrogen-bond donors (Lipinski definition) is 1. The molecule has 0 fully saturated rings. The van der Waals surface area contributed by atoms with Crippen molar-refractivity contribution in [1.29, 1.82) is 0 Å². The van der Waals surface area contributed by atoms with Gasteiger partial charge in [0.2, 0.25) is 0 Å². The highest BCUT2D eigenvalue weighted by Gasteiger charge is 2.03. The van der Waals surface area contributed by atoms with Crippen LogP contribution in [0.25, 0.3) is 0 Å². The number of nitrogens with one attached hydrogen (secondary N) is 1. The molecule has 0 heterocycles. The van der Waals surface area contributed by atoms with Crippen molar-refractivity contribution in [1.82, 2.24) is 5.32 Å². The van der Waals surface area contributed by atoms with Crippen LogP contribution in [0.2, 0.25) is 0 Å². The Hall–Kier alpha value is -0.470. The van der Waals surface area contributed by atoms with Crippen LogP contribution in [-0.4, -0.2) is 18.3 Å². The first-order chi connectivity index (χ1) is 8.77. The SMILES string of the molecule is CCNC(CC)CCCSCc1ccccc1C. The fraction of sp³-hybridized carbons (Fsp3) is 0.625. The minimum atomic E-state index is 0.717. The molecule has 18 heavy (non-hydrogen) atoms. The molecule has 0 bridgehead atoms. The molecule has 0 spiro atoms. The Kier molecular flexibility index (Phi) is 8.19. The van der Waals surface area contributed by atoms with Crippen LogP contribution in [0.1, 0.15) is 44.2 Å². The summed E-state index contributed by atoms with van der Waals surface area (Å²) in [6.07, 6.45) is 3.88. The average molecular weight is 265 g/mol. The molecular formula is C16H27NS. The largest absolute Gasteiger partial charge is 0.314 e. The first-order valence-electron chi connectivity index (χ1n) is 7.13. The zero-order valence-electron chi connectivity index (χ0n) is 12.0. The maximum Gasteiger partial charge on any atom is 0.0187 e. The van der Waals surface area contributed by atoms with E-state index in [1.807, 2.05) is 0 Å². The molecule has 1 atom stereocenters. The molecule has 0 radical (unpaired) electrons. The van der Waals surface area contributed by atoms with E-state index < -0.39 is 0 Å². The van der Waals surface area contributed by atoms with Crippen molar-refractivity contribution >= 4 is 11.8 Å². The van der Waals surface area contributed by atoms with E-state index >= 15 is 0 Å². The van der Waals surface area contributed by atoms with Crippen molar-refractivity contribution in [2.24, 2.45) is 0 Å². The first kappa shape index (κ1) is 15.6. The number of rotatable bonds is 9. The average Bonchev–Trinajstić information content (AvgIpc) is 2.39. The van der Waals surface area contributed by atoms with Crippen LogP contribution in [-0.2, 0) is 5.75 Å². The van der Waals surface area contributed by atoms with E-state index in [2.05, 4.69) is 62.1 Å². The van der Waals surface area contributed by atoms with Gasteiger partial charge in [0, 0.05) is 11.8 Å². The summed E-state index contributed by atoms with van der Waals surface area (Å²) in [5.41, 5.74) is 2.91. The van der Waals surface area contributed by atoms with E-state index in [0.717, 1.165) is 12.3 Å². The van der Waals surface area contributed by atoms with Gasteiger partial charge in [-0.05, 0) is 49.6 Å². The van der Waals surface area contributed by atoms with Gasteiger partial charge >= 0.3 is 0 Å². The summed E-state index contributed by atoms with van der Waals surface area (Å²) in [5.74, 6) is 2.43. The molecule has 1 rings (SSSR count). The van der Waals surface area contributed by atoms with Gasteiger partial charge < -0.3 is 5.32 Å². The summed E-state index contributed by atoms with van der Waals surface area (Å²) in [6, 6.07) is 9.42. The Balaban J connectivity index is 2.13. The highest BCUT2D eigenvalue weighted by Crippen LogP contribution is 2.17. The highest BCUT2D eigenvalue weighted by molar-refractivity contribution is 7.98. The quantitative estimate of drug-likeness (QED) is 0.664. The normalized spacial score (nSPS) is 12.6. The lowest BCUT2D eigenvalue weighted by atomic mass is 10.1. The van der Waals surface area contributed by atoms with E-state index in [1.54, 1.807) is 0 Å². The number of thioether (sulfide) groups is 1. The minimum Gasteiger partial charge on any atom is -0.314 e. The third-order valence-corrected chi connectivity index (χ3v) is 4.44. The number of benzene rings is 1. The van der Waals surface area contributed by atoms with Gasteiger partial charge in [0.25, 0.3) is 0 Å². The van der Waals surface area contributed by atoms with Crippen molar-refractivity contribution in [3.63, 3.8) is 0 Å². The van der Waals surface area contributed by atoms with Crippen molar-refractivity contribution in [2.75, 3.05) is 12.3 Å². The van der Waals surface area contributed by atoms with Crippen LogP contribution >= 0.6 is 11.8 Å². The Morgan fingerprint density at radius 3 is 2.67 bits per heavy atom. The lowest BCUT2D eigenvalue weighted by Crippen LogP contribution is -2.28. The first-order valence-corrected chi connectivity index (χ1v) is 8.29. The Labute approximate surface area is 117 Å². The fourth-order valence-corrected chi connectivity index (χ4v) is 3.18. The summed E-state index contributed by atoms with van der Waals surface area (Å²) in [7, 11) is 0. The predicted octanol–water partition coefficient (Wildman–Crippen LogP) is 4.40. The molecule has 0 amide bonds. The zero-order chi connectivity index (χ0) is 13.2. The summed E-state index contributed by atoms with van der Waals surface area (Å²) >= 11 is 2.06. The molecule has 1 unspecified atom stereocenters. The lowest BCUT2D eigenvalue weighted by molar-refractivity contribution is 0.477. The van der Waals surface area contributed by atoms with E-state index in [1.165, 1.54) is 36.1 Å². The Morgan fingerprint density at radius 1 is 1.22 bits per heavy atom. The maximum absolute atomic E-state index is 3.54. The third-order valence-electron chi connectivity index (χ3n) is 3.35. The standard InChI is InChI=1S/C16H27NS/c1-4-16(17-5-2)11-8-12-18-13-15-10-7-6-9-14(15)3/h6-7,9-10,16-17H,4-5,8,11-13H2,1-3H3. The second-order valence-electron chi connectivity index (χ2n) is 4.78. The Morgan fingerprint density at radius 2 is 2.00 bits per heavy atom. The predicted molar refractivity (Wildman–Crippen MR) is 84.3 cm³/mol. The minimum absolute atomic E-state index is 0.717. The van der Waals surface area contributed by atoms with Gasteiger partial charge in [-0.3, -0.25) is 0 Å². The second kappa shape index (κ2) is 9.46. The van der Waals surface area contributed by atoms with Crippen LogP contribution in [0.15, 0.2) is 24.3 Å². The summed E-state index contributed by atoms with van der Waals surface area (Å²) in [5, 5.41) is 3.54. The zero-order valence-corrected chi connectivity index (χ0v) is 12.9. The molecular weight excluding hydrogens is 238 g/mol. The number of hydrogen-bond acceptors (Lipinski definition) is 2. The Bertz CT molecular complexity index is 325. The van der Waals surface area contributed by atoms with E-state index in [9.17, 15) is 0 Å². The smallest absolute Gasteiger partial charge is 0.0187 e. The molecule has 0 saturated carbocycles. The van der Waals surface area contributed by atoms with Crippen molar-refractivity contribution in [3.05, 3.63) is 35.4 Å². The lowest BCUT2D eigenvalue weighted by Gasteiger charge is -2.15. The van der Waals surface area contributed by atoms with Crippen molar-refractivity contribution in [2.45, 2.75) is 51.8 Å². The summed E-state index contributed by atoms with van der Waals surface area (Å²) in [6.45, 7) is 7.76. The second-order valence-corrected chi connectivity index (χ2v) is 5.89. The van der Waals surface area contributed by atoms with Gasteiger partial charge in [0.1, 0.15) is 0 Å². The molecule has 1 aromatic rings. The van der Waals surface area contributed by atoms with Gasteiger partial charge in [0.15, 0.2) is 0 Å². The van der Waals surface area contributed by atoms with Gasteiger partial charge in [0.05, 0.1) is 0 Å². The molecule has 102 valence electrons. The maximum atomic E-state index is 3.54. The van der Waals surface area contributed by atoms with Crippen LogP contribution in [0.5, 0.6) is 0 Å². The molecule has 0 saturated heterocycles. The topological polar surface area (TPSA) is 12.0 Å². The van der Waals surface area contributed by atoms with Crippen LogP contribution in [0.3, 0.4) is 0 Å². The van der Waals surface area contributed by atoms with Crippen LogP contribution in [0, 0.1) is 6.92 Å². The molecule has 0 aliphatic heterocycles. The van der Waals surface area contributed by atoms with Crippen molar-refractivity contribution in [3.8, 4) is 0 Å². The monoisotopic (exact) mass is 265 g/mol. The molecule has 0 aliphatic carbocycles. The molecule has 1 aromatic carbocycles. The number of aryl methyl sites for hydroxylation is 1. The van der Waals surface area contributed by atoms with Crippen LogP contribution in [0.4, 0.5) is 0 Å². The van der Waals surface area contributed by atoms with E-state index in [-0.39, 0.29) is 0 Å². The van der Waals surface area contributed by atoms with E-state index in [4.69, 9.17) is 0 Å². The molecule has 2 heteroatoms. The van der Waals surface area contributed by atoms with Gasteiger partial charge in [-0.2, -0.15) is 11.8 Å². The third kappa shape index (κ3) is 5.92.